The Morgan fingerprint density at radius 1 is 1.50 bits per heavy atom. The van der Waals surface area contributed by atoms with E-state index >= 15 is 0 Å². The fourth-order valence-corrected chi connectivity index (χ4v) is 1.57. The van der Waals surface area contributed by atoms with E-state index < -0.39 is 5.97 Å². The summed E-state index contributed by atoms with van der Waals surface area (Å²) in [5, 5.41) is 16.8. The van der Waals surface area contributed by atoms with Gasteiger partial charge in [-0.2, -0.15) is 0 Å². The first-order valence-corrected chi connectivity index (χ1v) is 4.88. The highest BCUT2D eigenvalue weighted by atomic mass is 16.4. The summed E-state index contributed by atoms with van der Waals surface area (Å²) in [7, 11) is 0. The first kappa shape index (κ1) is 10.4. The van der Waals surface area contributed by atoms with Crippen LogP contribution in [0.2, 0.25) is 0 Å². The maximum atomic E-state index is 10.9. The standard InChI is InChI=1S/C10H12N4O2/c1-5(2)14-8-4-6(10(15)16)3-7(11)9(8)12-13-14/h3-5H,11H2,1-2H3,(H,15,16). The van der Waals surface area contributed by atoms with Gasteiger partial charge >= 0.3 is 5.97 Å². The summed E-state index contributed by atoms with van der Waals surface area (Å²) in [6.07, 6.45) is 0. The number of nitrogens with two attached hydrogens (primary N) is 1. The lowest BCUT2D eigenvalue weighted by Gasteiger charge is -2.06. The van der Waals surface area contributed by atoms with Crippen molar-refractivity contribution in [3.05, 3.63) is 17.7 Å². The van der Waals surface area contributed by atoms with Crippen LogP contribution in [-0.4, -0.2) is 26.1 Å². The second kappa shape index (κ2) is 3.48. The van der Waals surface area contributed by atoms with Crippen LogP contribution < -0.4 is 5.73 Å². The van der Waals surface area contributed by atoms with E-state index in [2.05, 4.69) is 10.3 Å². The van der Waals surface area contributed by atoms with Gasteiger partial charge in [0.1, 0.15) is 5.52 Å². The van der Waals surface area contributed by atoms with E-state index in [1.165, 1.54) is 12.1 Å². The van der Waals surface area contributed by atoms with Crippen LogP contribution in [0.4, 0.5) is 5.69 Å². The summed E-state index contributed by atoms with van der Waals surface area (Å²) in [5.74, 6) is -1.01. The fourth-order valence-electron chi connectivity index (χ4n) is 1.57. The van der Waals surface area contributed by atoms with E-state index in [1.807, 2.05) is 13.8 Å². The monoisotopic (exact) mass is 220 g/mol. The van der Waals surface area contributed by atoms with E-state index in [0.717, 1.165) is 0 Å². The molecule has 0 saturated carbocycles. The number of nitrogen functional groups attached to an aromatic ring is 1. The fraction of sp³-hybridized carbons (Fsp3) is 0.300. The topological polar surface area (TPSA) is 94.0 Å². The van der Waals surface area contributed by atoms with Gasteiger partial charge in [0.15, 0.2) is 0 Å². The minimum atomic E-state index is -1.01. The lowest BCUT2D eigenvalue weighted by Crippen LogP contribution is -2.04. The summed E-state index contributed by atoms with van der Waals surface area (Å²) >= 11 is 0. The first-order valence-electron chi connectivity index (χ1n) is 4.88. The van der Waals surface area contributed by atoms with Crippen LogP contribution in [0.5, 0.6) is 0 Å². The van der Waals surface area contributed by atoms with Gasteiger partial charge in [0.05, 0.1) is 16.8 Å². The normalized spacial score (nSPS) is 11.2. The molecule has 0 aliphatic rings. The molecule has 6 nitrogen and oxygen atoms in total. The van der Waals surface area contributed by atoms with Crippen LogP contribution in [0.25, 0.3) is 11.0 Å². The molecule has 0 atom stereocenters. The van der Waals surface area contributed by atoms with E-state index in [1.54, 1.807) is 4.68 Å². The highest BCUT2D eigenvalue weighted by molar-refractivity contribution is 5.97. The Hall–Kier alpha value is -2.11. The Labute approximate surface area is 91.7 Å². The Morgan fingerprint density at radius 2 is 2.19 bits per heavy atom. The molecular formula is C10H12N4O2. The molecule has 0 fully saturated rings. The molecule has 0 aliphatic carbocycles. The van der Waals surface area contributed by atoms with Gasteiger partial charge in [-0.05, 0) is 26.0 Å². The quantitative estimate of drug-likeness (QED) is 0.744. The number of hydrogen-bond acceptors (Lipinski definition) is 4. The minimum Gasteiger partial charge on any atom is -0.478 e. The molecule has 0 spiro atoms. The largest absolute Gasteiger partial charge is 0.478 e. The number of hydrogen-bond donors (Lipinski definition) is 2. The van der Waals surface area contributed by atoms with Gasteiger partial charge in [-0.3, -0.25) is 0 Å². The van der Waals surface area contributed by atoms with E-state index in [4.69, 9.17) is 10.8 Å². The molecule has 0 saturated heterocycles. The predicted molar refractivity (Wildman–Crippen MR) is 59.3 cm³/mol. The molecule has 1 aromatic heterocycles. The minimum absolute atomic E-state index is 0.105. The van der Waals surface area contributed by atoms with E-state index in [9.17, 15) is 4.79 Å². The summed E-state index contributed by atoms with van der Waals surface area (Å²) in [5.41, 5.74) is 7.40. The molecule has 6 heteroatoms. The number of anilines is 1. The van der Waals surface area contributed by atoms with Gasteiger partial charge in [-0.15, -0.1) is 5.10 Å². The number of aromatic nitrogens is 3. The highest BCUT2D eigenvalue weighted by Crippen LogP contribution is 2.23. The van der Waals surface area contributed by atoms with Gasteiger partial charge in [0, 0.05) is 6.04 Å². The molecule has 84 valence electrons. The average Bonchev–Trinajstić information content (AvgIpc) is 2.61. The number of benzene rings is 1. The highest BCUT2D eigenvalue weighted by Gasteiger charge is 2.14. The number of fused-ring (bicyclic) bond motifs is 1. The lowest BCUT2D eigenvalue weighted by atomic mass is 10.1. The number of carbonyl (C=O) groups is 1. The zero-order valence-electron chi connectivity index (χ0n) is 9.01. The van der Waals surface area contributed by atoms with Crippen LogP contribution in [0, 0.1) is 0 Å². The third-order valence-electron chi connectivity index (χ3n) is 2.34. The molecule has 0 unspecified atom stereocenters. The van der Waals surface area contributed by atoms with Crippen LogP contribution >= 0.6 is 0 Å². The number of aromatic carboxylic acids is 1. The Bertz CT molecular complexity index is 559. The van der Waals surface area contributed by atoms with E-state index in [0.29, 0.717) is 16.7 Å². The molecule has 1 heterocycles. The Morgan fingerprint density at radius 3 is 2.75 bits per heavy atom. The Kier molecular flexibility index (Phi) is 2.26. The van der Waals surface area contributed by atoms with Crippen molar-refractivity contribution < 1.29 is 9.90 Å². The maximum Gasteiger partial charge on any atom is 0.335 e. The molecule has 16 heavy (non-hydrogen) atoms. The number of carboxylic acid groups (broad SMARTS) is 1. The zero-order valence-corrected chi connectivity index (χ0v) is 9.01. The van der Waals surface area contributed by atoms with Crippen molar-refractivity contribution in [2.45, 2.75) is 19.9 Å². The molecular weight excluding hydrogens is 208 g/mol. The van der Waals surface area contributed by atoms with Crippen LogP contribution in [0.15, 0.2) is 12.1 Å². The molecule has 0 bridgehead atoms. The van der Waals surface area contributed by atoms with Crippen LogP contribution in [0.3, 0.4) is 0 Å². The average molecular weight is 220 g/mol. The number of carboxylic acids is 1. The third kappa shape index (κ3) is 1.48. The summed E-state index contributed by atoms with van der Waals surface area (Å²) in [4.78, 5) is 10.9. The van der Waals surface area contributed by atoms with Gasteiger partial charge in [0.25, 0.3) is 0 Å². The van der Waals surface area contributed by atoms with Crippen molar-refractivity contribution in [3.8, 4) is 0 Å². The molecule has 2 aromatic rings. The molecule has 3 N–H and O–H groups in total. The molecule has 0 aliphatic heterocycles. The smallest absolute Gasteiger partial charge is 0.335 e. The third-order valence-corrected chi connectivity index (χ3v) is 2.34. The van der Waals surface area contributed by atoms with Crippen molar-refractivity contribution >= 4 is 22.7 Å². The van der Waals surface area contributed by atoms with E-state index in [-0.39, 0.29) is 11.6 Å². The summed E-state index contributed by atoms with van der Waals surface area (Å²) < 4.78 is 1.65. The molecule has 1 aromatic carbocycles. The van der Waals surface area contributed by atoms with Crippen molar-refractivity contribution in [2.24, 2.45) is 0 Å². The van der Waals surface area contributed by atoms with Gasteiger partial charge in [-0.25, -0.2) is 9.48 Å². The summed E-state index contributed by atoms with van der Waals surface area (Å²) in [6.45, 7) is 3.88. The zero-order chi connectivity index (χ0) is 11.9. The SMILES string of the molecule is CC(C)n1nnc2c(N)cc(C(=O)O)cc21. The summed E-state index contributed by atoms with van der Waals surface area (Å²) in [6, 6.07) is 3.03. The van der Waals surface area contributed by atoms with Crippen LogP contribution in [-0.2, 0) is 0 Å². The van der Waals surface area contributed by atoms with Crippen LogP contribution in [0.1, 0.15) is 30.2 Å². The second-order valence-corrected chi connectivity index (χ2v) is 3.87. The lowest BCUT2D eigenvalue weighted by molar-refractivity contribution is 0.0697. The van der Waals surface area contributed by atoms with Crippen molar-refractivity contribution in [1.82, 2.24) is 15.0 Å². The maximum absolute atomic E-state index is 10.9. The van der Waals surface area contributed by atoms with Crippen molar-refractivity contribution in [2.75, 3.05) is 5.73 Å². The van der Waals surface area contributed by atoms with Gasteiger partial charge in [-0.1, -0.05) is 5.21 Å². The Balaban J connectivity index is 2.76. The number of rotatable bonds is 2. The molecule has 0 amide bonds. The van der Waals surface area contributed by atoms with Crippen molar-refractivity contribution in [3.63, 3.8) is 0 Å². The molecule has 2 rings (SSSR count). The van der Waals surface area contributed by atoms with Gasteiger partial charge in [0.2, 0.25) is 0 Å². The molecule has 0 radical (unpaired) electrons. The first-order chi connectivity index (χ1) is 7.50. The second-order valence-electron chi connectivity index (χ2n) is 3.87. The predicted octanol–water partition coefficient (Wildman–Crippen LogP) is 1.29. The number of nitrogens with zero attached hydrogens (tertiary/aromatic N) is 3. The van der Waals surface area contributed by atoms with Crippen molar-refractivity contribution in [1.29, 1.82) is 0 Å². The van der Waals surface area contributed by atoms with Gasteiger partial charge < -0.3 is 10.8 Å².